The molecule has 3 N–H and O–H groups in total. The van der Waals surface area contributed by atoms with Crippen LogP contribution in [-0.4, -0.2) is 59.1 Å². The van der Waals surface area contributed by atoms with Crippen LogP contribution in [0.4, 0.5) is 0 Å². The highest BCUT2D eigenvalue weighted by Gasteiger charge is 2.84. The third kappa shape index (κ3) is 4.23. The van der Waals surface area contributed by atoms with Crippen molar-refractivity contribution >= 4 is 11.8 Å². The Labute approximate surface area is 273 Å². The average molecular weight is 633 g/mol. The summed E-state index contributed by atoms with van der Waals surface area (Å²) in [6.45, 7) is 8.69. The Kier molecular flexibility index (Phi) is 7.42. The van der Waals surface area contributed by atoms with Crippen LogP contribution in [0, 0.1) is 50.7 Å². The van der Waals surface area contributed by atoms with E-state index in [4.69, 9.17) is 9.47 Å². The molecule has 0 aromatic heterocycles. The predicted molar refractivity (Wildman–Crippen MR) is 173 cm³/mol. The highest BCUT2D eigenvalue weighted by Crippen LogP contribution is 2.89. The largest absolute Gasteiger partial charge is 0.469 e. The minimum Gasteiger partial charge on any atom is -0.469 e. The molecule has 7 rings (SSSR count). The van der Waals surface area contributed by atoms with Gasteiger partial charge < -0.3 is 24.8 Å². The highest BCUT2D eigenvalue weighted by molar-refractivity contribution is 5.85. The summed E-state index contributed by atoms with van der Waals surface area (Å²) in [5, 5.41) is 32.2. The number of allylic oxidation sites excluding steroid dienone is 3. The van der Waals surface area contributed by atoms with E-state index >= 15 is 0 Å². The molecule has 0 bridgehead atoms. The first kappa shape index (κ1) is 32.2. The Bertz CT molecular complexity index is 1470. The van der Waals surface area contributed by atoms with Gasteiger partial charge in [-0.05, 0) is 85.0 Å². The molecule has 1 heterocycles. The molecule has 1 aliphatic heterocycles. The summed E-state index contributed by atoms with van der Waals surface area (Å²) in [4.78, 5) is 26.4. The topological polar surface area (TPSA) is 113 Å². The zero-order valence-corrected chi connectivity index (χ0v) is 28.1. The number of rotatable bonds is 8. The van der Waals surface area contributed by atoms with E-state index in [-0.39, 0.29) is 75.5 Å². The number of carbonyl (C=O) groups excluding carboxylic acids is 2. The second kappa shape index (κ2) is 10.6. The number of fused-ring (bicyclic) bond motifs is 5. The van der Waals surface area contributed by atoms with Gasteiger partial charge in [0.2, 0.25) is 0 Å². The van der Waals surface area contributed by atoms with Crippen LogP contribution in [0.25, 0.3) is 0 Å². The van der Waals surface area contributed by atoms with Crippen molar-refractivity contribution in [3.8, 4) is 0 Å². The molecule has 250 valence electrons. The third-order valence-corrected chi connectivity index (χ3v) is 14.6. The molecule has 46 heavy (non-hydrogen) atoms. The number of methoxy groups -OCH3 is 1. The van der Waals surface area contributed by atoms with E-state index in [1.807, 2.05) is 6.07 Å². The van der Waals surface area contributed by atoms with Crippen LogP contribution in [0.5, 0.6) is 0 Å². The van der Waals surface area contributed by atoms with Crippen LogP contribution >= 0.6 is 0 Å². The molecule has 0 radical (unpaired) electrons. The van der Waals surface area contributed by atoms with Gasteiger partial charge >= 0.3 is 5.97 Å². The van der Waals surface area contributed by atoms with Gasteiger partial charge in [0.05, 0.1) is 44.1 Å². The van der Waals surface area contributed by atoms with E-state index < -0.39 is 24.2 Å². The van der Waals surface area contributed by atoms with E-state index in [1.54, 1.807) is 0 Å². The van der Waals surface area contributed by atoms with Crippen LogP contribution in [0.3, 0.4) is 0 Å². The summed E-state index contributed by atoms with van der Waals surface area (Å²) in [5.74, 6) is -0.896. The molecular formula is C39H52O7. The normalized spacial score (nSPS) is 45.5. The van der Waals surface area contributed by atoms with Gasteiger partial charge in [0.1, 0.15) is 5.78 Å². The van der Waals surface area contributed by atoms with Crippen molar-refractivity contribution in [2.24, 2.45) is 50.7 Å². The van der Waals surface area contributed by atoms with Crippen molar-refractivity contribution in [3.05, 3.63) is 59.7 Å². The lowest BCUT2D eigenvalue weighted by molar-refractivity contribution is -0.199. The SMILES string of the molecule is COC(=O)C(CC(=O)CC(C)(O)CO)C1CCC23CC12C=CC1C2(C)CC=C4CC(c5ccccc5)OCC4(C)C2CC(O)C13C. The fourth-order valence-corrected chi connectivity index (χ4v) is 12.3. The first-order valence-corrected chi connectivity index (χ1v) is 17.4. The third-order valence-electron chi connectivity index (χ3n) is 14.6. The number of esters is 1. The molecule has 3 saturated carbocycles. The molecule has 7 heteroatoms. The number of aliphatic hydroxyl groups excluding tert-OH is 2. The summed E-state index contributed by atoms with van der Waals surface area (Å²) >= 11 is 0. The summed E-state index contributed by atoms with van der Waals surface area (Å²) in [7, 11) is 1.37. The number of Topliss-reactive ketones (excluding diaryl/α,β-unsaturated/α-hetero) is 1. The molecule has 12 atom stereocenters. The van der Waals surface area contributed by atoms with Crippen molar-refractivity contribution in [1.82, 2.24) is 0 Å². The average Bonchev–Trinajstić information content (AvgIpc) is 3.61. The molecule has 1 aromatic rings. The second-order valence-electron chi connectivity index (χ2n) is 16.8. The van der Waals surface area contributed by atoms with Crippen LogP contribution in [0.2, 0.25) is 0 Å². The Morgan fingerprint density at radius 2 is 1.91 bits per heavy atom. The van der Waals surface area contributed by atoms with Crippen LogP contribution in [-0.2, 0) is 19.1 Å². The molecule has 0 spiro atoms. The zero-order valence-electron chi connectivity index (χ0n) is 28.1. The maximum absolute atomic E-state index is 13.3. The van der Waals surface area contributed by atoms with Gasteiger partial charge in [-0.15, -0.1) is 0 Å². The Balaban J connectivity index is 1.20. The van der Waals surface area contributed by atoms with Gasteiger partial charge in [0.25, 0.3) is 0 Å². The fourth-order valence-electron chi connectivity index (χ4n) is 12.3. The van der Waals surface area contributed by atoms with Gasteiger partial charge in [-0.25, -0.2) is 0 Å². The first-order valence-electron chi connectivity index (χ1n) is 17.4. The van der Waals surface area contributed by atoms with Crippen LogP contribution in [0.15, 0.2) is 54.1 Å². The number of ether oxygens (including phenoxy) is 2. The van der Waals surface area contributed by atoms with E-state index in [1.165, 1.54) is 25.2 Å². The van der Waals surface area contributed by atoms with Crippen LogP contribution < -0.4 is 0 Å². The molecule has 12 unspecified atom stereocenters. The van der Waals surface area contributed by atoms with Gasteiger partial charge in [-0.2, -0.15) is 0 Å². The van der Waals surface area contributed by atoms with E-state index in [2.05, 4.69) is 63.3 Å². The lowest BCUT2D eigenvalue weighted by atomic mass is 9.38. The predicted octanol–water partition coefficient (Wildman–Crippen LogP) is 5.73. The van der Waals surface area contributed by atoms with Crippen LogP contribution in [0.1, 0.15) is 90.7 Å². The number of carbonyl (C=O) groups is 2. The second-order valence-corrected chi connectivity index (χ2v) is 16.8. The molecule has 5 aliphatic carbocycles. The molecule has 7 nitrogen and oxygen atoms in total. The quantitative estimate of drug-likeness (QED) is 0.248. The smallest absolute Gasteiger partial charge is 0.309 e. The van der Waals surface area contributed by atoms with E-state index in [9.17, 15) is 24.9 Å². The minimum absolute atomic E-state index is 0.0163. The molecule has 1 aromatic carbocycles. The Morgan fingerprint density at radius 3 is 2.61 bits per heavy atom. The van der Waals surface area contributed by atoms with Gasteiger partial charge in [-0.3, -0.25) is 9.59 Å². The maximum atomic E-state index is 13.3. The van der Waals surface area contributed by atoms with E-state index in [0.29, 0.717) is 6.61 Å². The van der Waals surface area contributed by atoms with Crippen molar-refractivity contribution in [2.75, 3.05) is 20.3 Å². The Hall–Kier alpha value is -2.32. The van der Waals surface area contributed by atoms with Gasteiger partial charge in [0.15, 0.2) is 0 Å². The summed E-state index contributed by atoms with van der Waals surface area (Å²) in [5.41, 5.74) is 0.196. The fraction of sp³-hybridized carbons (Fsp3) is 0.692. The first-order chi connectivity index (χ1) is 21.7. The van der Waals surface area contributed by atoms with E-state index in [0.717, 1.165) is 38.5 Å². The minimum atomic E-state index is -1.52. The Morgan fingerprint density at radius 1 is 1.17 bits per heavy atom. The molecule has 4 fully saturated rings. The van der Waals surface area contributed by atoms with Crippen molar-refractivity contribution < 1.29 is 34.4 Å². The summed E-state index contributed by atoms with van der Waals surface area (Å²) in [6.07, 6.45) is 11.8. The molecular weight excluding hydrogens is 580 g/mol. The van der Waals surface area contributed by atoms with Gasteiger partial charge in [-0.1, -0.05) is 74.9 Å². The monoisotopic (exact) mass is 632 g/mol. The lowest BCUT2D eigenvalue weighted by Gasteiger charge is -2.67. The lowest BCUT2D eigenvalue weighted by Crippen LogP contribution is -2.64. The van der Waals surface area contributed by atoms with Crippen molar-refractivity contribution in [3.63, 3.8) is 0 Å². The molecule has 6 aliphatic rings. The molecule has 0 amide bonds. The maximum Gasteiger partial charge on any atom is 0.309 e. The number of ketones is 1. The summed E-state index contributed by atoms with van der Waals surface area (Å²) < 4.78 is 11.9. The summed E-state index contributed by atoms with van der Waals surface area (Å²) in [6, 6.07) is 10.5. The molecule has 1 saturated heterocycles. The standard InChI is InChI=1S/C39H52O7/c1-34(44,22-40)20-26(41)18-27(33(43)45-5)28-12-16-39-21-38(28,39)15-13-30-35(2)14-11-25-17-29(24-9-7-6-8-10-24)46-23-36(25,3)31(35)19-32(42)37(30,39)4/h6-11,13,15,27-32,40,42,44H,12,14,16-23H2,1-5H3. The van der Waals surface area contributed by atoms with Crippen molar-refractivity contribution in [2.45, 2.75) is 96.9 Å². The number of aliphatic hydroxyl groups is 3. The van der Waals surface area contributed by atoms with Crippen molar-refractivity contribution in [1.29, 1.82) is 0 Å². The van der Waals surface area contributed by atoms with Gasteiger partial charge in [0, 0.05) is 23.7 Å². The number of hydrogen-bond donors (Lipinski definition) is 3. The number of benzene rings is 1. The zero-order chi connectivity index (χ0) is 32.9. The highest BCUT2D eigenvalue weighted by atomic mass is 16.5. The number of hydrogen-bond acceptors (Lipinski definition) is 7.